The fraction of sp³-hybridized carbons (Fsp3) is 0.429. The second kappa shape index (κ2) is 5.98. The number of amidine groups is 1. The van der Waals surface area contributed by atoms with E-state index in [1.807, 2.05) is 0 Å². The Hall–Kier alpha value is -1.68. The van der Waals surface area contributed by atoms with Gasteiger partial charge in [-0.1, -0.05) is 25.6 Å². The first kappa shape index (κ1) is 15.7. The highest BCUT2D eigenvalue weighted by molar-refractivity contribution is 8.14. The Bertz CT molecular complexity index is 602. The molecule has 1 aliphatic rings. The summed E-state index contributed by atoms with van der Waals surface area (Å²) in [6.45, 7) is 4.11. The molecule has 0 fully saturated rings. The summed E-state index contributed by atoms with van der Waals surface area (Å²) in [4.78, 5) is 4.44. The van der Waals surface area contributed by atoms with Crippen LogP contribution in [0.3, 0.4) is 0 Å². The Balaban J connectivity index is 2.23. The highest BCUT2D eigenvalue weighted by atomic mass is 32.2. The normalized spacial score (nSPS) is 18.5. The van der Waals surface area contributed by atoms with Gasteiger partial charge in [0.15, 0.2) is 5.17 Å². The van der Waals surface area contributed by atoms with Crippen LogP contribution in [0.4, 0.5) is 18.9 Å². The largest absolute Gasteiger partial charge is 0.417 e. The van der Waals surface area contributed by atoms with Crippen LogP contribution in [0.1, 0.15) is 25.0 Å². The number of halogens is 3. The summed E-state index contributed by atoms with van der Waals surface area (Å²) < 4.78 is 38.6. The van der Waals surface area contributed by atoms with E-state index in [2.05, 4.69) is 24.2 Å². The second-order valence-electron chi connectivity index (χ2n) is 5.05. The number of aliphatic imine (C=N–C) groups is 1. The van der Waals surface area contributed by atoms with Crippen LogP contribution >= 0.6 is 11.8 Å². The van der Waals surface area contributed by atoms with Gasteiger partial charge in [-0.25, -0.2) is 0 Å². The Morgan fingerprint density at radius 3 is 2.67 bits per heavy atom. The van der Waals surface area contributed by atoms with Gasteiger partial charge in [0.1, 0.15) is 0 Å². The second-order valence-corrected chi connectivity index (χ2v) is 6.06. The number of anilines is 1. The summed E-state index contributed by atoms with van der Waals surface area (Å²) in [5, 5.41) is 12.3. The predicted octanol–water partition coefficient (Wildman–Crippen LogP) is 4.12. The van der Waals surface area contributed by atoms with Gasteiger partial charge in [-0.05, 0) is 24.1 Å². The van der Waals surface area contributed by atoms with Crippen molar-refractivity contribution in [1.82, 2.24) is 0 Å². The molecule has 1 N–H and O–H groups in total. The van der Waals surface area contributed by atoms with Crippen LogP contribution in [0.15, 0.2) is 23.2 Å². The van der Waals surface area contributed by atoms with Crippen molar-refractivity contribution in [1.29, 1.82) is 5.26 Å². The van der Waals surface area contributed by atoms with Crippen molar-refractivity contribution < 1.29 is 13.2 Å². The van der Waals surface area contributed by atoms with Crippen LogP contribution in [-0.4, -0.2) is 17.0 Å². The lowest BCUT2D eigenvalue weighted by Gasteiger charge is -2.12. The summed E-state index contributed by atoms with van der Waals surface area (Å²) >= 11 is 1.49. The molecule has 0 amide bonds. The Kier molecular flexibility index (Phi) is 4.47. The summed E-state index contributed by atoms with van der Waals surface area (Å²) in [5.74, 6) is 1.21. The van der Waals surface area contributed by atoms with Crippen LogP contribution in [0.5, 0.6) is 0 Å². The number of benzene rings is 1. The lowest BCUT2D eigenvalue weighted by atomic mass is 10.1. The minimum Gasteiger partial charge on any atom is -0.335 e. The maximum atomic E-state index is 12.9. The van der Waals surface area contributed by atoms with Gasteiger partial charge in [0.25, 0.3) is 0 Å². The van der Waals surface area contributed by atoms with Gasteiger partial charge in [0.2, 0.25) is 0 Å². The Labute approximate surface area is 125 Å². The lowest BCUT2D eigenvalue weighted by Crippen LogP contribution is -2.12. The molecule has 0 bridgehead atoms. The van der Waals surface area contributed by atoms with Gasteiger partial charge in [-0.15, -0.1) is 0 Å². The van der Waals surface area contributed by atoms with E-state index in [0.29, 0.717) is 11.1 Å². The summed E-state index contributed by atoms with van der Waals surface area (Å²) in [5.41, 5.74) is -1.02. The van der Waals surface area contributed by atoms with E-state index < -0.39 is 11.7 Å². The molecule has 0 aromatic heterocycles. The van der Waals surface area contributed by atoms with Gasteiger partial charge in [0, 0.05) is 11.4 Å². The van der Waals surface area contributed by atoms with E-state index in [4.69, 9.17) is 5.26 Å². The first-order valence-corrected chi connectivity index (χ1v) is 7.39. The van der Waals surface area contributed by atoms with Crippen molar-refractivity contribution in [3.63, 3.8) is 0 Å². The number of hydrogen-bond acceptors (Lipinski definition) is 4. The van der Waals surface area contributed by atoms with Gasteiger partial charge < -0.3 is 5.32 Å². The van der Waals surface area contributed by atoms with E-state index in [0.717, 1.165) is 11.8 Å². The molecular weight excluding hydrogens is 299 g/mol. The van der Waals surface area contributed by atoms with E-state index in [9.17, 15) is 13.2 Å². The minimum absolute atomic E-state index is 0.179. The average molecular weight is 313 g/mol. The lowest BCUT2D eigenvalue weighted by molar-refractivity contribution is -0.137. The third kappa shape index (κ3) is 3.70. The average Bonchev–Trinajstić information content (AvgIpc) is 2.86. The fourth-order valence-corrected chi connectivity index (χ4v) is 3.06. The molecule has 112 valence electrons. The van der Waals surface area contributed by atoms with Crippen LogP contribution < -0.4 is 5.32 Å². The summed E-state index contributed by atoms with van der Waals surface area (Å²) in [6.07, 6.45) is -4.55. The third-order valence-corrected chi connectivity index (χ3v) is 4.13. The van der Waals surface area contributed by atoms with E-state index >= 15 is 0 Å². The number of hydrogen-bond donors (Lipinski definition) is 1. The smallest absolute Gasteiger partial charge is 0.335 e. The SMILES string of the molecule is CC(C)C1CSC(Nc2ccc(C#N)c(C(F)(F)F)c2)=N1. The van der Waals surface area contributed by atoms with Crippen molar-refractivity contribution in [2.75, 3.05) is 11.1 Å². The number of nitrogens with zero attached hydrogens (tertiary/aromatic N) is 2. The van der Waals surface area contributed by atoms with Crippen LogP contribution in [0.25, 0.3) is 0 Å². The molecule has 0 saturated carbocycles. The molecular formula is C14H14F3N3S. The van der Waals surface area contributed by atoms with Gasteiger partial charge >= 0.3 is 6.18 Å². The van der Waals surface area contributed by atoms with Gasteiger partial charge in [-0.2, -0.15) is 18.4 Å². The van der Waals surface area contributed by atoms with E-state index in [1.165, 1.54) is 23.9 Å². The first-order valence-electron chi connectivity index (χ1n) is 6.40. The van der Waals surface area contributed by atoms with Crippen molar-refractivity contribution in [2.45, 2.75) is 26.1 Å². The van der Waals surface area contributed by atoms with Gasteiger partial charge in [-0.3, -0.25) is 4.99 Å². The number of nitrogens with one attached hydrogen (secondary N) is 1. The van der Waals surface area contributed by atoms with Crippen molar-refractivity contribution in [3.8, 4) is 6.07 Å². The molecule has 3 nitrogen and oxygen atoms in total. The van der Waals surface area contributed by atoms with Crippen LogP contribution in [-0.2, 0) is 6.18 Å². The molecule has 2 rings (SSSR count). The zero-order chi connectivity index (χ0) is 15.6. The molecule has 0 spiro atoms. The summed E-state index contributed by atoms with van der Waals surface area (Å²) in [7, 11) is 0. The van der Waals surface area contributed by atoms with Crippen molar-refractivity contribution in [3.05, 3.63) is 29.3 Å². The number of nitriles is 1. The van der Waals surface area contributed by atoms with Crippen LogP contribution in [0, 0.1) is 17.2 Å². The highest BCUT2D eigenvalue weighted by Crippen LogP contribution is 2.34. The molecule has 21 heavy (non-hydrogen) atoms. The number of rotatable bonds is 2. The Morgan fingerprint density at radius 1 is 1.43 bits per heavy atom. The first-order chi connectivity index (χ1) is 9.81. The van der Waals surface area contributed by atoms with Crippen molar-refractivity contribution >= 4 is 22.6 Å². The highest BCUT2D eigenvalue weighted by Gasteiger charge is 2.34. The molecule has 1 aromatic rings. The maximum absolute atomic E-state index is 12.9. The van der Waals surface area contributed by atoms with Gasteiger partial charge in [0.05, 0.1) is 23.2 Å². The quantitative estimate of drug-likeness (QED) is 0.893. The predicted molar refractivity (Wildman–Crippen MR) is 78.3 cm³/mol. The summed E-state index contributed by atoms with van der Waals surface area (Å²) in [6, 6.07) is 5.32. The Morgan fingerprint density at radius 2 is 2.14 bits per heavy atom. The van der Waals surface area contributed by atoms with E-state index in [-0.39, 0.29) is 17.3 Å². The van der Waals surface area contributed by atoms with E-state index in [1.54, 1.807) is 6.07 Å². The molecule has 1 aliphatic heterocycles. The monoisotopic (exact) mass is 313 g/mol. The standard InChI is InChI=1S/C14H14F3N3S/c1-8(2)12-7-21-13(20-12)19-10-4-3-9(6-18)11(5-10)14(15,16)17/h3-5,8,12H,7H2,1-2H3,(H,19,20). The molecule has 0 aliphatic carbocycles. The van der Waals surface area contributed by atoms with Crippen LogP contribution in [0.2, 0.25) is 0 Å². The molecule has 1 aromatic carbocycles. The fourth-order valence-electron chi connectivity index (χ4n) is 1.88. The zero-order valence-corrected chi connectivity index (χ0v) is 12.3. The molecule has 1 atom stereocenters. The maximum Gasteiger partial charge on any atom is 0.417 e. The zero-order valence-electron chi connectivity index (χ0n) is 11.5. The number of thioether (sulfide) groups is 1. The molecule has 7 heteroatoms. The minimum atomic E-state index is -4.55. The molecule has 1 unspecified atom stereocenters. The number of alkyl halides is 3. The molecule has 0 saturated heterocycles. The van der Waals surface area contributed by atoms with Crippen molar-refractivity contribution in [2.24, 2.45) is 10.9 Å². The molecule has 1 heterocycles. The topological polar surface area (TPSA) is 48.2 Å². The molecule has 0 radical (unpaired) electrons. The third-order valence-electron chi connectivity index (χ3n) is 3.14.